The highest BCUT2D eigenvalue weighted by Crippen LogP contribution is 2.35. The molecule has 0 bridgehead atoms. The number of halogens is 1. The first kappa shape index (κ1) is 22.6. The van der Waals surface area contributed by atoms with E-state index in [1.165, 1.54) is 6.07 Å². The molecule has 1 N–H and O–H groups in total. The van der Waals surface area contributed by atoms with Crippen LogP contribution in [-0.4, -0.2) is 66.3 Å². The largest absolute Gasteiger partial charge is 0.367 e. The number of aryl methyl sites for hydroxylation is 1. The van der Waals surface area contributed by atoms with E-state index >= 15 is 0 Å². The van der Waals surface area contributed by atoms with Crippen LogP contribution in [0.3, 0.4) is 0 Å². The number of piperidine rings is 1. The molecule has 2 aliphatic rings. The number of carbonyl (C=O) groups excluding carboxylic acids is 1. The fraction of sp³-hybridized carbons (Fsp3) is 0.583. The molecule has 2 saturated heterocycles. The average Bonchev–Trinajstić information content (AvgIpc) is 3.23. The lowest BCUT2D eigenvalue weighted by molar-refractivity contribution is 0.170. The van der Waals surface area contributed by atoms with Crippen molar-refractivity contribution in [2.45, 2.75) is 52.0 Å². The topological polar surface area (TPSA) is 64.9 Å². The molecule has 2 aliphatic heterocycles. The Hall–Kier alpha value is -2.61. The van der Waals surface area contributed by atoms with Crippen LogP contribution in [0, 0.1) is 12.7 Å². The van der Waals surface area contributed by atoms with Crippen LogP contribution in [0.5, 0.6) is 0 Å². The monoisotopic (exact) mass is 443 g/mol. The van der Waals surface area contributed by atoms with Crippen LogP contribution >= 0.6 is 0 Å². The Bertz CT molecular complexity index is 944. The SMILES string of the molecule is Cc1cc(C2(C)CCN(C(=O)Nc3c(F)cccc3N3CCN(C(C)C)CC3)CC2)no1. The first-order valence-corrected chi connectivity index (χ1v) is 11.5. The minimum atomic E-state index is -0.401. The van der Waals surface area contributed by atoms with Gasteiger partial charge < -0.3 is 19.6 Å². The van der Waals surface area contributed by atoms with E-state index in [2.05, 4.69) is 41.0 Å². The second-order valence-electron chi connectivity index (χ2n) is 9.55. The molecule has 7 nitrogen and oxygen atoms in total. The summed E-state index contributed by atoms with van der Waals surface area (Å²) in [6.45, 7) is 13.1. The van der Waals surface area contributed by atoms with E-state index in [0.717, 1.165) is 56.2 Å². The zero-order chi connectivity index (χ0) is 22.9. The van der Waals surface area contributed by atoms with Gasteiger partial charge in [-0.3, -0.25) is 4.90 Å². The second-order valence-corrected chi connectivity index (χ2v) is 9.55. The van der Waals surface area contributed by atoms with Crippen LogP contribution in [-0.2, 0) is 5.41 Å². The number of hydrogen-bond acceptors (Lipinski definition) is 5. The Morgan fingerprint density at radius 1 is 1.16 bits per heavy atom. The van der Waals surface area contributed by atoms with Gasteiger partial charge in [-0.25, -0.2) is 9.18 Å². The molecule has 0 radical (unpaired) electrons. The summed E-state index contributed by atoms with van der Waals surface area (Å²) >= 11 is 0. The van der Waals surface area contributed by atoms with Crippen molar-refractivity contribution in [3.05, 3.63) is 41.5 Å². The molecule has 2 amide bonds. The molecule has 3 heterocycles. The van der Waals surface area contributed by atoms with Gasteiger partial charge in [0.05, 0.1) is 11.4 Å². The third kappa shape index (κ3) is 4.60. The third-order valence-electron chi connectivity index (χ3n) is 7.01. The number of hydrogen-bond donors (Lipinski definition) is 1. The molecular formula is C24H34FN5O2. The van der Waals surface area contributed by atoms with Crippen LogP contribution in [0.2, 0.25) is 0 Å². The summed E-state index contributed by atoms with van der Waals surface area (Å²) in [6, 6.07) is 7.22. The number of anilines is 2. The van der Waals surface area contributed by atoms with Gasteiger partial charge >= 0.3 is 6.03 Å². The predicted molar refractivity (Wildman–Crippen MR) is 124 cm³/mol. The van der Waals surface area contributed by atoms with E-state index in [4.69, 9.17) is 4.52 Å². The Morgan fingerprint density at radius 2 is 1.84 bits per heavy atom. The van der Waals surface area contributed by atoms with Crippen LogP contribution in [0.25, 0.3) is 0 Å². The second kappa shape index (κ2) is 9.10. The van der Waals surface area contributed by atoms with Crippen molar-refractivity contribution in [3.8, 4) is 0 Å². The Balaban J connectivity index is 1.42. The molecule has 2 aromatic rings. The van der Waals surface area contributed by atoms with Gasteiger partial charge in [0.2, 0.25) is 0 Å². The minimum absolute atomic E-state index is 0.117. The van der Waals surface area contributed by atoms with Gasteiger partial charge in [-0.2, -0.15) is 0 Å². The zero-order valence-corrected chi connectivity index (χ0v) is 19.5. The summed E-state index contributed by atoms with van der Waals surface area (Å²) in [5.74, 6) is 0.393. The van der Waals surface area contributed by atoms with Gasteiger partial charge in [0, 0.05) is 56.8 Å². The van der Waals surface area contributed by atoms with E-state index in [0.29, 0.717) is 19.1 Å². The van der Waals surface area contributed by atoms with Crippen LogP contribution in [0.15, 0.2) is 28.8 Å². The molecule has 32 heavy (non-hydrogen) atoms. The first-order valence-electron chi connectivity index (χ1n) is 11.5. The Morgan fingerprint density at radius 3 is 2.44 bits per heavy atom. The van der Waals surface area contributed by atoms with E-state index in [-0.39, 0.29) is 17.1 Å². The summed E-state index contributed by atoms with van der Waals surface area (Å²) in [5, 5.41) is 7.06. The number of para-hydroxylation sites is 1. The molecule has 0 unspecified atom stereocenters. The normalized spacial score (nSPS) is 19.4. The lowest BCUT2D eigenvalue weighted by Gasteiger charge is -2.39. The van der Waals surface area contributed by atoms with Gasteiger partial charge in [0.1, 0.15) is 17.3 Å². The highest BCUT2D eigenvalue weighted by molar-refractivity contribution is 5.93. The first-order chi connectivity index (χ1) is 15.3. The van der Waals surface area contributed by atoms with Gasteiger partial charge in [-0.05, 0) is 45.7 Å². The van der Waals surface area contributed by atoms with E-state index in [1.54, 1.807) is 11.0 Å². The number of likely N-dealkylation sites (tertiary alicyclic amines) is 1. The molecule has 0 spiro atoms. The maximum Gasteiger partial charge on any atom is 0.321 e. The van der Waals surface area contributed by atoms with Crippen molar-refractivity contribution < 1.29 is 13.7 Å². The number of benzene rings is 1. The minimum Gasteiger partial charge on any atom is -0.367 e. The smallest absolute Gasteiger partial charge is 0.321 e. The number of nitrogens with one attached hydrogen (secondary N) is 1. The lowest BCUT2D eigenvalue weighted by atomic mass is 9.77. The number of nitrogens with zero attached hydrogens (tertiary/aromatic N) is 4. The van der Waals surface area contributed by atoms with Crippen LogP contribution in [0.1, 0.15) is 45.1 Å². The van der Waals surface area contributed by atoms with E-state index < -0.39 is 5.82 Å². The molecule has 0 aliphatic carbocycles. The fourth-order valence-electron chi connectivity index (χ4n) is 4.68. The number of rotatable bonds is 4. The Kier molecular flexibility index (Phi) is 6.42. The summed E-state index contributed by atoms with van der Waals surface area (Å²) in [7, 11) is 0. The van der Waals surface area contributed by atoms with Crippen molar-refractivity contribution in [1.29, 1.82) is 0 Å². The van der Waals surface area contributed by atoms with Crippen molar-refractivity contribution in [2.75, 3.05) is 49.5 Å². The highest BCUT2D eigenvalue weighted by Gasteiger charge is 2.36. The highest BCUT2D eigenvalue weighted by atomic mass is 19.1. The molecule has 1 aromatic heterocycles. The molecule has 8 heteroatoms. The van der Waals surface area contributed by atoms with E-state index in [1.807, 2.05) is 19.1 Å². The molecule has 1 aromatic carbocycles. The van der Waals surface area contributed by atoms with Gasteiger partial charge in [-0.15, -0.1) is 0 Å². The summed E-state index contributed by atoms with van der Waals surface area (Å²) in [6.07, 6.45) is 1.57. The van der Waals surface area contributed by atoms with Crippen molar-refractivity contribution in [3.63, 3.8) is 0 Å². The molecule has 0 saturated carbocycles. The van der Waals surface area contributed by atoms with Crippen molar-refractivity contribution in [2.24, 2.45) is 0 Å². The maximum atomic E-state index is 14.8. The van der Waals surface area contributed by atoms with Gasteiger partial charge in [0.25, 0.3) is 0 Å². The zero-order valence-electron chi connectivity index (χ0n) is 19.5. The third-order valence-corrected chi connectivity index (χ3v) is 7.01. The quantitative estimate of drug-likeness (QED) is 0.766. The molecule has 174 valence electrons. The standard InChI is InChI=1S/C24H34FN5O2/c1-17(2)28-12-14-29(15-13-28)20-7-5-6-19(25)22(20)26-23(31)30-10-8-24(4,9-11-30)21-16-18(3)32-27-21/h5-7,16-17H,8-15H2,1-4H3,(H,26,31). The number of aromatic nitrogens is 1. The lowest BCUT2D eigenvalue weighted by Crippen LogP contribution is -2.49. The molecular weight excluding hydrogens is 409 g/mol. The fourth-order valence-corrected chi connectivity index (χ4v) is 4.68. The van der Waals surface area contributed by atoms with Crippen molar-refractivity contribution in [1.82, 2.24) is 15.0 Å². The van der Waals surface area contributed by atoms with Crippen LogP contribution < -0.4 is 10.2 Å². The molecule has 0 atom stereocenters. The van der Waals surface area contributed by atoms with E-state index in [9.17, 15) is 9.18 Å². The Labute approximate surface area is 189 Å². The number of piperazine rings is 1. The predicted octanol–water partition coefficient (Wildman–Crippen LogP) is 4.24. The summed E-state index contributed by atoms with van der Waals surface area (Å²) < 4.78 is 20.0. The van der Waals surface area contributed by atoms with Crippen LogP contribution in [0.4, 0.5) is 20.6 Å². The number of carbonyl (C=O) groups is 1. The maximum absolute atomic E-state index is 14.8. The molecule has 4 rings (SSSR count). The van der Waals surface area contributed by atoms with Crippen molar-refractivity contribution >= 4 is 17.4 Å². The number of amides is 2. The average molecular weight is 444 g/mol. The summed E-state index contributed by atoms with van der Waals surface area (Å²) in [5.41, 5.74) is 1.85. The van der Waals surface area contributed by atoms with Gasteiger partial charge in [-0.1, -0.05) is 18.1 Å². The number of urea groups is 1. The summed E-state index contributed by atoms with van der Waals surface area (Å²) in [4.78, 5) is 19.4. The van der Waals surface area contributed by atoms with Gasteiger partial charge in [0.15, 0.2) is 0 Å². The molecule has 2 fully saturated rings.